The second-order valence-corrected chi connectivity index (χ2v) is 7.09. The zero-order valence-corrected chi connectivity index (χ0v) is 18.5. The van der Waals surface area contributed by atoms with Crippen LogP contribution in [0.25, 0.3) is 0 Å². The minimum atomic E-state index is 0. The topological polar surface area (TPSA) is 72.7 Å². The van der Waals surface area contributed by atoms with Crippen molar-refractivity contribution in [3.63, 3.8) is 0 Å². The van der Waals surface area contributed by atoms with Crippen molar-refractivity contribution < 1.29 is 9.47 Å². The van der Waals surface area contributed by atoms with Crippen LogP contribution in [0.15, 0.2) is 41.7 Å². The molecule has 0 radical (unpaired) electrons. The van der Waals surface area contributed by atoms with Crippen LogP contribution in [0.4, 0.5) is 0 Å². The standard InChI is InChI=1S/C20H27N5O2.HI/c1-2-21-19(22-9-3-11-25-12-4-10-24-25)23-14-20(7-8-20)16-5-6-17-18(13-16)27-15-26-17;/h4-6,10,12-13H,2-3,7-9,11,14-15H2,1H3,(H2,21,22,23);1H. The van der Waals surface area contributed by atoms with Crippen LogP contribution in [0.1, 0.15) is 31.7 Å². The quantitative estimate of drug-likeness (QED) is 0.254. The molecule has 1 saturated carbocycles. The molecule has 28 heavy (non-hydrogen) atoms. The summed E-state index contributed by atoms with van der Waals surface area (Å²) in [7, 11) is 0. The molecular formula is C20H28IN5O2. The number of benzene rings is 1. The van der Waals surface area contributed by atoms with E-state index in [1.807, 2.05) is 29.2 Å². The first-order valence-electron chi connectivity index (χ1n) is 9.69. The van der Waals surface area contributed by atoms with Gasteiger partial charge in [0.1, 0.15) is 0 Å². The molecule has 1 fully saturated rings. The fourth-order valence-electron chi connectivity index (χ4n) is 3.37. The maximum Gasteiger partial charge on any atom is 0.231 e. The Morgan fingerprint density at radius 2 is 2.11 bits per heavy atom. The predicted octanol–water partition coefficient (Wildman–Crippen LogP) is 2.91. The summed E-state index contributed by atoms with van der Waals surface area (Å²) in [5, 5.41) is 11.0. The van der Waals surface area contributed by atoms with E-state index in [2.05, 4.69) is 34.8 Å². The molecule has 4 rings (SSSR count). The molecule has 0 amide bonds. The summed E-state index contributed by atoms with van der Waals surface area (Å²) in [6.45, 7) is 5.80. The molecule has 2 aliphatic rings. The van der Waals surface area contributed by atoms with E-state index in [0.717, 1.165) is 62.9 Å². The molecule has 0 atom stereocenters. The lowest BCUT2D eigenvalue weighted by Gasteiger charge is -2.16. The average Bonchev–Trinajstić information content (AvgIpc) is 3.08. The highest BCUT2D eigenvalue weighted by Crippen LogP contribution is 2.50. The molecule has 0 saturated heterocycles. The summed E-state index contributed by atoms with van der Waals surface area (Å²) in [5.74, 6) is 2.57. The Bertz CT molecular complexity index is 790. The molecule has 2 N–H and O–H groups in total. The van der Waals surface area contributed by atoms with E-state index in [9.17, 15) is 0 Å². The summed E-state index contributed by atoms with van der Waals surface area (Å²) in [4.78, 5) is 4.85. The second kappa shape index (κ2) is 9.49. The van der Waals surface area contributed by atoms with Gasteiger partial charge >= 0.3 is 0 Å². The minimum Gasteiger partial charge on any atom is -0.454 e. The van der Waals surface area contributed by atoms with Crippen molar-refractivity contribution >= 4 is 29.9 Å². The van der Waals surface area contributed by atoms with E-state index in [4.69, 9.17) is 14.5 Å². The molecule has 0 bridgehead atoms. The van der Waals surface area contributed by atoms with E-state index in [1.165, 1.54) is 5.56 Å². The third-order valence-electron chi connectivity index (χ3n) is 5.14. The van der Waals surface area contributed by atoms with E-state index in [1.54, 1.807) is 0 Å². The van der Waals surface area contributed by atoms with Crippen molar-refractivity contribution in [2.75, 3.05) is 26.4 Å². The molecule has 2 heterocycles. The number of ether oxygens (including phenoxy) is 2. The molecule has 1 aromatic carbocycles. The Labute approximate surface area is 182 Å². The van der Waals surface area contributed by atoms with E-state index < -0.39 is 0 Å². The summed E-state index contributed by atoms with van der Waals surface area (Å²) in [6, 6.07) is 8.24. The Morgan fingerprint density at radius 1 is 1.25 bits per heavy atom. The molecule has 0 unspecified atom stereocenters. The van der Waals surface area contributed by atoms with Crippen LogP contribution in [0.5, 0.6) is 11.5 Å². The van der Waals surface area contributed by atoms with Crippen LogP contribution in [0.2, 0.25) is 0 Å². The molecular weight excluding hydrogens is 469 g/mol. The van der Waals surface area contributed by atoms with Gasteiger partial charge in [-0.1, -0.05) is 6.07 Å². The zero-order valence-electron chi connectivity index (χ0n) is 16.2. The van der Waals surface area contributed by atoms with Gasteiger partial charge in [0.15, 0.2) is 17.5 Å². The number of nitrogens with one attached hydrogen (secondary N) is 2. The predicted molar refractivity (Wildman–Crippen MR) is 120 cm³/mol. The number of hydrogen-bond acceptors (Lipinski definition) is 4. The van der Waals surface area contributed by atoms with Crippen molar-refractivity contribution in [2.45, 2.75) is 38.1 Å². The molecule has 7 nitrogen and oxygen atoms in total. The molecule has 1 aliphatic heterocycles. The number of nitrogens with zero attached hydrogens (tertiary/aromatic N) is 3. The summed E-state index contributed by atoms with van der Waals surface area (Å²) >= 11 is 0. The number of halogens is 1. The number of aromatic nitrogens is 2. The van der Waals surface area contributed by atoms with Crippen LogP contribution < -0.4 is 20.1 Å². The maximum absolute atomic E-state index is 5.53. The Balaban J connectivity index is 0.00000225. The second-order valence-electron chi connectivity index (χ2n) is 7.09. The molecule has 2 aromatic rings. The average molecular weight is 497 g/mol. The van der Waals surface area contributed by atoms with Crippen molar-refractivity contribution in [3.8, 4) is 11.5 Å². The molecule has 8 heteroatoms. The smallest absolute Gasteiger partial charge is 0.231 e. The summed E-state index contributed by atoms with van der Waals surface area (Å²) in [6.07, 6.45) is 7.12. The normalized spacial score (nSPS) is 16.4. The van der Waals surface area contributed by atoms with E-state index >= 15 is 0 Å². The van der Waals surface area contributed by atoms with Crippen LogP contribution in [0, 0.1) is 0 Å². The van der Waals surface area contributed by atoms with Crippen molar-refractivity contribution in [3.05, 3.63) is 42.2 Å². The number of hydrogen-bond donors (Lipinski definition) is 2. The highest BCUT2D eigenvalue weighted by Gasteiger charge is 2.44. The van der Waals surface area contributed by atoms with Crippen LogP contribution in [0.3, 0.4) is 0 Å². The first-order chi connectivity index (χ1) is 13.3. The summed E-state index contributed by atoms with van der Waals surface area (Å²) in [5.41, 5.74) is 1.43. The Kier molecular flexibility index (Phi) is 7.03. The van der Waals surface area contributed by atoms with E-state index in [-0.39, 0.29) is 29.4 Å². The van der Waals surface area contributed by atoms with Gasteiger partial charge in [-0.15, -0.1) is 24.0 Å². The largest absolute Gasteiger partial charge is 0.454 e. The van der Waals surface area contributed by atoms with Crippen LogP contribution >= 0.6 is 24.0 Å². The number of rotatable bonds is 8. The van der Waals surface area contributed by atoms with Gasteiger partial charge in [0.25, 0.3) is 0 Å². The number of fused-ring (bicyclic) bond motifs is 1. The molecule has 1 aromatic heterocycles. The third-order valence-corrected chi connectivity index (χ3v) is 5.14. The number of guanidine groups is 1. The highest BCUT2D eigenvalue weighted by atomic mass is 127. The monoisotopic (exact) mass is 497 g/mol. The van der Waals surface area contributed by atoms with Crippen molar-refractivity contribution in [1.29, 1.82) is 0 Å². The SMILES string of the molecule is CCNC(=NCC1(c2ccc3c(c2)OCO3)CC1)NCCCn1cccn1.I. The van der Waals surface area contributed by atoms with Gasteiger partial charge in [-0.25, -0.2) is 0 Å². The van der Waals surface area contributed by atoms with Crippen LogP contribution in [-0.4, -0.2) is 42.2 Å². The summed E-state index contributed by atoms with van der Waals surface area (Å²) < 4.78 is 12.9. The number of aliphatic imine (C=N–C) groups is 1. The van der Waals surface area contributed by atoms with Gasteiger partial charge in [0.2, 0.25) is 6.79 Å². The molecule has 1 aliphatic carbocycles. The van der Waals surface area contributed by atoms with Gasteiger partial charge in [0, 0.05) is 37.4 Å². The lowest BCUT2D eigenvalue weighted by atomic mass is 9.96. The zero-order chi connectivity index (χ0) is 18.5. The lowest BCUT2D eigenvalue weighted by Crippen LogP contribution is -2.38. The fourth-order valence-corrected chi connectivity index (χ4v) is 3.37. The van der Waals surface area contributed by atoms with Gasteiger partial charge in [-0.05, 0) is 49.9 Å². The highest BCUT2D eigenvalue weighted by molar-refractivity contribution is 14.0. The Hall–Kier alpha value is -1.97. The molecule has 152 valence electrons. The van der Waals surface area contributed by atoms with E-state index in [0.29, 0.717) is 6.79 Å². The number of aryl methyl sites for hydroxylation is 1. The van der Waals surface area contributed by atoms with Crippen molar-refractivity contribution in [1.82, 2.24) is 20.4 Å². The van der Waals surface area contributed by atoms with Crippen LogP contribution in [-0.2, 0) is 12.0 Å². The fraction of sp³-hybridized carbons (Fsp3) is 0.500. The minimum absolute atomic E-state index is 0. The van der Waals surface area contributed by atoms with Gasteiger partial charge in [-0.3, -0.25) is 9.67 Å². The molecule has 0 spiro atoms. The maximum atomic E-state index is 5.53. The third kappa shape index (κ3) is 4.89. The van der Waals surface area contributed by atoms with Gasteiger partial charge in [0.05, 0.1) is 6.54 Å². The first-order valence-corrected chi connectivity index (χ1v) is 9.69. The van der Waals surface area contributed by atoms with Gasteiger partial charge in [-0.2, -0.15) is 5.10 Å². The Morgan fingerprint density at radius 3 is 2.86 bits per heavy atom. The first kappa shape index (κ1) is 20.8. The lowest BCUT2D eigenvalue weighted by molar-refractivity contribution is 0.174. The van der Waals surface area contributed by atoms with Gasteiger partial charge < -0.3 is 20.1 Å². The van der Waals surface area contributed by atoms with Crippen molar-refractivity contribution in [2.24, 2.45) is 4.99 Å².